The van der Waals surface area contributed by atoms with Gasteiger partial charge in [0.2, 0.25) is 0 Å². The Morgan fingerprint density at radius 1 is 1.25 bits per heavy atom. The fourth-order valence-electron chi connectivity index (χ4n) is 3.38. The SMILES string of the molecule is Cc1ccc(S(=O)(=O)[N-]/N=C/C23CCC(CC2)C3)cc1. The molecule has 0 aromatic heterocycles. The van der Waals surface area contributed by atoms with Gasteiger partial charge < -0.3 is 9.93 Å². The molecule has 0 spiro atoms. The molecule has 0 saturated heterocycles. The molecule has 0 aliphatic heterocycles. The largest absolute Gasteiger partial charge is 0.491 e. The molecule has 5 heteroatoms. The maximum absolute atomic E-state index is 12.0. The molecule has 2 aliphatic carbocycles. The Morgan fingerprint density at radius 2 is 1.90 bits per heavy atom. The van der Waals surface area contributed by atoms with E-state index in [4.69, 9.17) is 0 Å². The zero-order chi connectivity index (χ0) is 14.2. The average molecular weight is 291 g/mol. The predicted molar refractivity (Wildman–Crippen MR) is 79.2 cm³/mol. The first-order chi connectivity index (χ1) is 9.49. The molecule has 0 N–H and O–H groups in total. The van der Waals surface area contributed by atoms with Crippen LogP contribution in [0, 0.1) is 18.3 Å². The topological polar surface area (TPSA) is 60.6 Å². The number of hydrogen-bond donors (Lipinski definition) is 0. The number of fused-ring (bicyclic) bond motifs is 2. The van der Waals surface area contributed by atoms with Crippen molar-refractivity contribution >= 4 is 16.2 Å². The molecule has 3 rings (SSSR count). The minimum Gasteiger partial charge on any atom is -0.491 e. The van der Waals surface area contributed by atoms with Crippen LogP contribution in [0.5, 0.6) is 0 Å². The second-order valence-corrected chi connectivity index (χ2v) is 7.71. The van der Waals surface area contributed by atoms with Crippen molar-refractivity contribution in [2.45, 2.75) is 43.9 Å². The second kappa shape index (κ2) is 4.88. The number of nitrogens with zero attached hydrogens (tertiary/aromatic N) is 2. The van der Waals surface area contributed by atoms with Crippen LogP contribution in [0.3, 0.4) is 0 Å². The van der Waals surface area contributed by atoms with Crippen molar-refractivity contribution in [3.05, 3.63) is 34.7 Å². The zero-order valence-electron chi connectivity index (χ0n) is 11.6. The van der Waals surface area contributed by atoms with E-state index in [1.807, 2.05) is 6.92 Å². The van der Waals surface area contributed by atoms with Crippen LogP contribution in [0.1, 0.15) is 37.7 Å². The third-order valence-corrected chi connectivity index (χ3v) is 5.78. The summed E-state index contributed by atoms with van der Waals surface area (Å²) in [7, 11) is -3.66. The minimum atomic E-state index is -3.66. The van der Waals surface area contributed by atoms with Crippen LogP contribution >= 0.6 is 0 Å². The van der Waals surface area contributed by atoms with Gasteiger partial charge in [-0.3, -0.25) is 0 Å². The summed E-state index contributed by atoms with van der Waals surface area (Å²) in [6.07, 6.45) is 7.68. The van der Waals surface area contributed by atoms with Crippen LogP contribution in [0.2, 0.25) is 0 Å². The Hall–Kier alpha value is -1.36. The summed E-state index contributed by atoms with van der Waals surface area (Å²) in [5.41, 5.74) is 1.14. The quantitative estimate of drug-likeness (QED) is 0.628. The Kier molecular flexibility index (Phi) is 3.32. The van der Waals surface area contributed by atoms with Gasteiger partial charge in [-0.1, -0.05) is 17.7 Å². The summed E-state index contributed by atoms with van der Waals surface area (Å²) >= 11 is 0. The van der Waals surface area contributed by atoms with Crippen LogP contribution in [0.4, 0.5) is 0 Å². The van der Waals surface area contributed by atoms with Crippen molar-refractivity contribution in [2.75, 3.05) is 0 Å². The molecule has 2 bridgehead atoms. The van der Waals surface area contributed by atoms with E-state index in [1.54, 1.807) is 30.5 Å². The minimum absolute atomic E-state index is 0.122. The van der Waals surface area contributed by atoms with E-state index in [-0.39, 0.29) is 10.3 Å². The first-order valence-corrected chi connectivity index (χ1v) is 8.51. The maximum atomic E-state index is 12.0. The van der Waals surface area contributed by atoms with Crippen LogP contribution in [0.25, 0.3) is 4.83 Å². The lowest BCUT2D eigenvalue weighted by Crippen LogP contribution is -2.15. The van der Waals surface area contributed by atoms with Gasteiger partial charge in [0.05, 0.1) is 4.90 Å². The summed E-state index contributed by atoms with van der Waals surface area (Å²) in [5.74, 6) is 0.815. The van der Waals surface area contributed by atoms with E-state index >= 15 is 0 Å². The van der Waals surface area contributed by atoms with Crippen LogP contribution < -0.4 is 0 Å². The normalized spacial score (nSPS) is 29.1. The molecule has 0 radical (unpaired) electrons. The van der Waals surface area contributed by atoms with Crippen LogP contribution in [0.15, 0.2) is 34.3 Å². The maximum Gasteiger partial charge on any atom is 0.135 e. The predicted octanol–water partition coefficient (Wildman–Crippen LogP) is 3.62. The number of hydrogen-bond acceptors (Lipinski definition) is 3. The van der Waals surface area contributed by atoms with Crippen molar-refractivity contribution in [1.29, 1.82) is 0 Å². The van der Waals surface area contributed by atoms with E-state index in [1.165, 1.54) is 12.8 Å². The van der Waals surface area contributed by atoms with E-state index in [0.29, 0.717) is 0 Å². The van der Waals surface area contributed by atoms with Crippen molar-refractivity contribution in [3.8, 4) is 0 Å². The molecular formula is C15H19N2O2S-. The van der Waals surface area contributed by atoms with Gasteiger partial charge in [0.15, 0.2) is 0 Å². The highest BCUT2D eigenvalue weighted by Crippen LogP contribution is 2.52. The lowest BCUT2D eigenvalue weighted by Gasteiger charge is -2.24. The number of rotatable bonds is 4. The van der Waals surface area contributed by atoms with Crippen molar-refractivity contribution < 1.29 is 8.42 Å². The summed E-state index contributed by atoms with van der Waals surface area (Å²) in [4.78, 5) is 3.77. The Balaban J connectivity index is 1.69. The molecule has 1 aromatic carbocycles. The monoisotopic (exact) mass is 291 g/mol. The Bertz CT molecular complexity index is 612. The number of sulfonamides is 1. The summed E-state index contributed by atoms with van der Waals surface area (Å²) in [5, 5.41) is 3.91. The van der Waals surface area contributed by atoms with Gasteiger partial charge in [-0.05, 0) is 63.3 Å². The van der Waals surface area contributed by atoms with E-state index in [9.17, 15) is 8.42 Å². The van der Waals surface area contributed by atoms with Gasteiger partial charge in [-0.25, -0.2) is 8.42 Å². The molecule has 2 fully saturated rings. The smallest absolute Gasteiger partial charge is 0.135 e. The molecule has 1 aromatic rings. The first kappa shape index (κ1) is 13.6. The summed E-state index contributed by atoms with van der Waals surface area (Å²) < 4.78 is 24.1. The van der Waals surface area contributed by atoms with Gasteiger partial charge in [0, 0.05) is 5.41 Å². The summed E-state index contributed by atoms with van der Waals surface area (Å²) in [6.45, 7) is 1.92. The lowest BCUT2D eigenvalue weighted by atomic mass is 9.86. The van der Waals surface area contributed by atoms with E-state index in [0.717, 1.165) is 30.7 Å². The molecule has 4 nitrogen and oxygen atoms in total. The van der Waals surface area contributed by atoms with Crippen molar-refractivity contribution in [3.63, 3.8) is 0 Å². The molecule has 0 unspecified atom stereocenters. The molecule has 2 saturated carbocycles. The summed E-state index contributed by atoms with van der Waals surface area (Å²) in [6, 6.07) is 6.68. The molecule has 108 valence electrons. The van der Waals surface area contributed by atoms with Crippen molar-refractivity contribution in [1.82, 2.24) is 0 Å². The Morgan fingerprint density at radius 3 is 2.45 bits per heavy atom. The molecule has 0 heterocycles. The van der Waals surface area contributed by atoms with E-state index in [2.05, 4.69) is 9.93 Å². The number of aryl methyl sites for hydroxylation is 1. The first-order valence-electron chi connectivity index (χ1n) is 7.07. The van der Waals surface area contributed by atoms with Gasteiger partial charge in [0.1, 0.15) is 10.0 Å². The molecule has 0 amide bonds. The fraction of sp³-hybridized carbons (Fsp3) is 0.533. The van der Waals surface area contributed by atoms with Crippen LogP contribution in [-0.4, -0.2) is 14.6 Å². The highest BCUT2D eigenvalue weighted by atomic mass is 32.2. The zero-order valence-corrected chi connectivity index (χ0v) is 12.4. The van der Waals surface area contributed by atoms with Gasteiger partial charge in [-0.15, -0.1) is 0 Å². The fourth-order valence-corrected chi connectivity index (χ4v) is 4.13. The molecular weight excluding hydrogens is 272 g/mol. The third kappa shape index (κ3) is 2.59. The third-order valence-electron chi connectivity index (χ3n) is 4.60. The molecule has 2 aliphatic rings. The number of benzene rings is 1. The second-order valence-electron chi connectivity index (χ2n) is 6.12. The molecule has 20 heavy (non-hydrogen) atoms. The highest BCUT2D eigenvalue weighted by Gasteiger charge is 2.43. The standard InChI is InChI=1S/C15H19N2O2S/c1-12-2-4-14(5-3-12)20(18,19)17-16-11-15-8-6-13(10-15)7-9-15/h2-5,11,13H,6-10H2,1H3/q-1/b16-11+. The van der Waals surface area contributed by atoms with Gasteiger partial charge in [0.25, 0.3) is 0 Å². The highest BCUT2D eigenvalue weighted by molar-refractivity contribution is 7.93. The van der Waals surface area contributed by atoms with Crippen LogP contribution in [-0.2, 0) is 10.0 Å². The molecule has 0 atom stereocenters. The average Bonchev–Trinajstić information content (AvgIpc) is 2.99. The lowest BCUT2D eigenvalue weighted by molar-refractivity contribution is 0.422. The van der Waals surface area contributed by atoms with Gasteiger partial charge >= 0.3 is 0 Å². The van der Waals surface area contributed by atoms with Gasteiger partial charge in [-0.2, -0.15) is 0 Å². The van der Waals surface area contributed by atoms with E-state index < -0.39 is 10.0 Å². The Labute approximate surface area is 120 Å². The van der Waals surface area contributed by atoms with Crippen molar-refractivity contribution in [2.24, 2.45) is 16.4 Å².